The molecule has 2 heteroatoms. The second-order valence-corrected chi connectivity index (χ2v) is 10.3. The van der Waals surface area contributed by atoms with E-state index in [1.54, 1.807) is 5.57 Å². The van der Waals surface area contributed by atoms with E-state index < -0.39 is 0 Å². The van der Waals surface area contributed by atoms with Crippen LogP contribution in [0.25, 0.3) is 16.5 Å². The van der Waals surface area contributed by atoms with Gasteiger partial charge in [0.2, 0.25) is 0 Å². The lowest BCUT2D eigenvalue weighted by Gasteiger charge is -2.57. The highest BCUT2D eigenvalue weighted by atomic mass is 16.5. The normalized spacial score (nSPS) is 39.7. The van der Waals surface area contributed by atoms with Crippen LogP contribution >= 0.6 is 0 Å². The summed E-state index contributed by atoms with van der Waals surface area (Å²) in [4.78, 5) is 0. The zero-order chi connectivity index (χ0) is 18.9. The number of fused-ring (bicyclic) bond motifs is 6. The van der Waals surface area contributed by atoms with Crippen LogP contribution in [0, 0.1) is 28.6 Å². The van der Waals surface area contributed by atoms with E-state index in [1.807, 2.05) is 6.07 Å². The molecule has 3 unspecified atom stereocenters. The van der Waals surface area contributed by atoms with Gasteiger partial charge in [-0.05, 0) is 85.7 Å². The van der Waals surface area contributed by atoms with Gasteiger partial charge in [0.15, 0.2) is 5.76 Å². The van der Waals surface area contributed by atoms with Gasteiger partial charge in [-0.3, -0.25) is 0 Å². The summed E-state index contributed by atoms with van der Waals surface area (Å²) in [5.74, 6) is 3.50. The number of hydrogen-bond acceptors (Lipinski definition) is 2. The van der Waals surface area contributed by atoms with Crippen LogP contribution in [0.5, 0.6) is 0 Å². The summed E-state index contributed by atoms with van der Waals surface area (Å²) in [7, 11) is 0. The summed E-state index contributed by atoms with van der Waals surface area (Å²) in [6.45, 7) is 5.12. The van der Waals surface area contributed by atoms with Crippen molar-refractivity contribution in [3.05, 3.63) is 47.8 Å². The molecule has 2 aromatic rings. The number of rotatable bonds is 1. The molecular formula is C26H31NO. The number of aromatic nitrogens is 1. The zero-order valence-electron chi connectivity index (χ0n) is 17.2. The molecule has 1 aromatic heterocycles. The van der Waals surface area contributed by atoms with Gasteiger partial charge in [-0.15, -0.1) is 0 Å². The van der Waals surface area contributed by atoms with E-state index in [9.17, 15) is 0 Å². The molecule has 0 amide bonds. The Balaban J connectivity index is 1.38. The Labute approximate surface area is 168 Å². The SMILES string of the molecule is C[C@]12CCCCC1=CCC1C2CC[C@]2(C)C(c3onc4ccccc34)=CCC12. The first-order valence-corrected chi connectivity index (χ1v) is 11.4. The lowest BCUT2D eigenvalue weighted by Crippen LogP contribution is -2.48. The molecule has 4 aliphatic rings. The van der Waals surface area contributed by atoms with Crippen LogP contribution in [0.1, 0.15) is 71.0 Å². The molecule has 2 fully saturated rings. The van der Waals surface area contributed by atoms with E-state index in [0.29, 0.717) is 5.41 Å². The number of benzene rings is 1. The lowest BCUT2D eigenvalue weighted by atomic mass is 9.47. The van der Waals surface area contributed by atoms with Crippen molar-refractivity contribution in [1.29, 1.82) is 0 Å². The Hall–Kier alpha value is -1.83. The third-order valence-corrected chi connectivity index (χ3v) is 9.23. The van der Waals surface area contributed by atoms with Gasteiger partial charge < -0.3 is 4.52 Å². The molecule has 0 radical (unpaired) electrons. The molecule has 0 spiro atoms. The van der Waals surface area contributed by atoms with E-state index in [-0.39, 0.29) is 5.41 Å². The van der Waals surface area contributed by atoms with Crippen LogP contribution in [0.4, 0.5) is 0 Å². The Morgan fingerprint density at radius 3 is 2.79 bits per heavy atom. The average molecular weight is 374 g/mol. The predicted molar refractivity (Wildman–Crippen MR) is 114 cm³/mol. The van der Waals surface area contributed by atoms with Crippen LogP contribution in [-0.4, -0.2) is 5.16 Å². The third-order valence-electron chi connectivity index (χ3n) is 9.23. The highest BCUT2D eigenvalue weighted by Crippen LogP contribution is 2.66. The first kappa shape index (κ1) is 17.1. The van der Waals surface area contributed by atoms with Crippen molar-refractivity contribution >= 4 is 16.5 Å². The maximum atomic E-state index is 5.92. The van der Waals surface area contributed by atoms with Gasteiger partial charge in [-0.2, -0.15) is 0 Å². The van der Waals surface area contributed by atoms with E-state index >= 15 is 0 Å². The van der Waals surface area contributed by atoms with Crippen molar-refractivity contribution in [2.24, 2.45) is 28.6 Å². The first-order chi connectivity index (χ1) is 13.6. The molecule has 1 aromatic carbocycles. The summed E-state index contributed by atoms with van der Waals surface area (Å²) in [5, 5.41) is 5.54. The van der Waals surface area contributed by atoms with Crippen molar-refractivity contribution in [2.75, 3.05) is 0 Å². The molecule has 0 N–H and O–H groups in total. The summed E-state index contributed by atoms with van der Waals surface area (Å²) in [6, 6.07) is 8.38. The van der Waals surface area contributed by atoms with Crippen molar-refractivity contribution in [2.45, 2.75) is 65.2 Å². The summed E-state index contributed by atoms with van der Waals surface area (Å²) < 4.78 is 5.92. The standard InChI is InChI=1S/C26H31NO/c1-25-15-6-5-7-17(25)10-11-18-20-12-13-22(26(20,2)16-14-21(18)25)24-19-8-3-4-9-23(19)27-28-24/h3-4,8-10,13,18,20-21H,5-7,11-12,14-16H2,1-2H3/t18?,20?,21?,25-,26-/m0/s1. The molecule has 146 valence electrons. The van der Waals surface area contributed by atoms with Crippen LogP contribution in [0.3, 0.4) is 0 Å². The number of hydrogen-bond donors (Lipinski definition) is 0. The van der Waals surface area contributed by atoms with Crippen molar-refractivity contribution < 1.29 is 4.52 Å². The van der Waals surface area contributed by atoms with Crippen LogP contribution in [0.2, 0.25) is 0 Å². The number of nitrogens with zero attached hydrogens (tertiary/aromatic N) is 1. The van der Waals surface area contributed by atoms with Gasteiger partial charge in [0.25, 0.3) is 0 Å². The quantitative estimate of drug-likeness (QED) is 0.495. The van der Waals surface area contributed by atoms with Gasteiger partial charge in [0.05, 0.1) is 0 Å². The van der Waals surface area contributed by atoms with Crippen LogP contribution in [0.15, 0.2) is 46.5 Å². The van der Waals surface area contributed by atoms with Gasteiger partial charge in [0, 0.05) is 11.0 Å². The molecule has 4 aliphatic carbocycles. The van der Waals surface area contributed by atoms with Crippen molar-refractivity contribution in [3.63, 3.8) is 0 Å². The summed E-state index contributed by atoms with van der Waals surface area (Å²) in [5.41, 5.74) is 4.94. The molecular weight excluding hydrogens is 342 g/mol. The van der Waals surface area contributed by atoms with Crippen molar-refractivity contribution in [3.8, 4) is 0 Å². The van der Waals surface area contributed by atoms with E-state index in [0.717, 1.165) is 29.0 Å². The second-order valence-electron chi connectivity index (χ2n) is 10.3. The molecule has 2 saturated carbocycles. The predicted octanol–water partition coefficient (Wildman–Crippen LogP) is 7.17. The third kappa shape index (κ3) is 2.12. The highest BCUT2D eigenvalue weighted by Gasteiger charge is 2.56. The molecule has 0 saturated heterocycles. The minimum atomic E-state index is 0.236. The Morgan fingerprint density at radius 1 is 0.964 bits per heavy atom. The number of allylic oxidation sites excluding steroid dienone is 4. The van der Waals surface area contributed by atoms with E-state index in [1.165, 1.54) is 62.3 Å². The summed E-state index contributed by atoms with van der Waals surface area (Å²) in [6.07, 6.45) is 15.9. The summed E-state index contributed by atoms with van der Waals surface area (Å²) >= 11 is 0. The molecule has 5 atom stereocenters. The van der Waals surface area contributed by atoms with Crippen molar-refractivity contribution in [1.82, 2.24) is 5.16 Å². The zero-order valence-corrected chi connectivity index (χ0v) is 17.2. The van der Waals surface area contributed by atoms with Crippen LogP contribution in [-0.2, 0) is 0 Å². The molecule has 1 heterocycles. The fraction of sp³-hybridized carbons (Fsp3) is 0.577. The molecule has 28 heavy (non-hydrogen) atoms. The van der Waals surface area contributed by atoms with E-state index in [2.05, 4.69) is 49.4 Å². The maximum Gasteiger partial charge on any atom is 0.170 e. The Kier molecular flexibility index (Phi) is 3.56. The minimum Gasteiger partial charge on any atom is -0.355 e. The fourth-order valence-electron chi connectivity index (χ4n) is 7.70. The topological polar surface area (TPSA) is 26.0 Å². The minimum absolute atomic E-state index is 0.236. The molecule has 2 nitrogen and oxygen atoms in total. The smallest absolute Gasteiger partial charge is 0.170 e. The first-order valence-electron chi connectivity index (χ1n) is 11.4. The lowest BCUT2D eigenvalue weighted by molar-refractivity contribution is -0.0102. The Morgan fingerprint density at radius 2 is 1.86 bits per heavy atom. The van der Waals surface area contributed by atoms with Crippen LogP contribution < -0.4 is 0 Å². The maximum absolute atomic E-state index is 5.92. The molecule has 0 aliphatic heterocycles. The highest BCUT2D eigenvalue weighted by molar-refractivity contribution is 5.91. The van der Waals surface area contributed by atoms with Gasteiger partial charge in [0.1, 0.15) is 5.52 Å². The molecule has 6 rings (SSSR count). The second kappa shape index (κ2) is 5.84. The largest absolute Gasteiger partial charge is 0.355 e. The molecule has 0 bridgehead atoms. The van der Waals surface area contributed by atoms with Gasteiger partial charge in [-0.1, -0.05) is 55.3 Å². The monoisotopic (exact) mass is 373 g/mol. The average Bonchev–Trinajstić information content (AvgIpc) is 3.28. The fourth-order valence-corrected chi connectivity index (χ4v) is 7.70. The van der Waals surface area contributed by atoms with E-state index in [4.69, 9.17) is 4.52 Å². The van der Waals surface area contributed by atoms with Gasteiger partial charge >= 0.3 is 0 Å². The van der Waals surface area contributed by atoms with Gasteiger partial charge in [-0.25, -0.2) is 0 Å². The Bertz CT molecular complexity index is 997.